The number of imidazole rings is 1. The number of carbonyl (C=O) groups excluding carboxylic acids is 1. The van der Waals surface area contributed by atoms with Gasteiger partial charge in [-0.3, -0.25) is 9.78 Å². The average Bonchev–Trinajstić information content (AvgIpc) is 3.12. The molecule has 2 aromatic carbocycles. The second kappa shape index (κ2) is 7.55. The third kappa shape index (κ3) is 3.96. The summed E-state index contributed by atoms with van der Waals surface area (Å²) >= 11 is 3.40. The van der Waals surface area contributed by atoms with Gasteiger partial charge in [0.2, 0.25) is 0 Å². The molecule has 27 heavy (non-hydrogen) atoms. The Labute approximate surface area is 164 Å². The summed E-state index contributed by atoms with van der Waals surface area (Å²) in [5.74, 6) is 0.371. The van der Waals surface area contributed by atoms with E-state index in [0.717, 1.165) is 21.1 Å². The van der Waals surface area contributed by atoms with Crippen LogP contribution in [0, 0.1) is 0 Å². The van der Waals surface area contributed by atoms with Crippen molar-refractivity contribution in [2.24, 2.45) is 0 Å². The van der Waals surface area contributed by atoms with Crippen LogP contribution in [0.15, 0.2) is 77.5 Å². The van der Waals surface area contributed by atoms with Gasteiger partial charge >= 0.3 is 0 Å². The van der Waals surface area contributed by atoms with Gasteiger partial charge in [-0.1, -0.05) is 40.2 Å². The van der Waals surface area contributed by atoms with Crippen molar-refractivity contribution in [2.75, 3.05) is 0 Å². The van der Waals surface area contributed by atoms with E-state index >= 15 is 0 Å². The number of aromatic amines is 1. The minimum absolute atomic E-state index is 0.216. The maximum atomic E-state index is 12.8. The topological polar surface area (TPSA) is 70.7 Å². The molecule has 0 unspecified atom stereocenters. The Morgan fingerprint density at radius 2 is 1.96 bits per heavy atom. The molecule has 0 aliphatic rings. The van der Waals surface area contributed by atoms with E-state index in [4.69, 9.17) is 0 Å². The van der Waals surface area contributed by atoms with Crippen molar-refractivity contribution in [1.82, 2.24) is 20.3 Å². The molecule has 132 valence electrons. The van der Waals surface area contributed by atoms with Gasteiger partial charge in [-0.05, 0) is 48.0 Å². The summed E-state index contributed by atoms with van der Waals surface area (Å²) in [5.41, 5.74) is 3.73. The molecule has 2 aromatic heterocycles. The van der Waals surface area contributed by atoms with Crippen molar-refractivity contribution in [3.05, 3.63) is 94.5 Å². The number of pyridine rings is 1. The van der Waals surface area contributed by atoms with Gasteiger partial charge in [-0.25, -0.2) is 4.98 Å². The van der Waals surface area contributed by atoms with E-state index in [1.54, 1.807) is 24.5 Å². The van der Waals surface area contributed by atoms with Gasteiger partial charge in [0.25, 0.3) is 5.91 Å². The number of amides is 1. The Hall–Kier alpha value is -3.25. The van der Waals surface area contributed by atoms with Crippen LogP contribution in [-0.2, 0) is 0 Å². The van der Waals surface area contributed by atoms with Crippen molar-refractivity contribution >= 4 is 44.6 Å². The number of nitrogens with one attached hydrogen (secondary N) is 2. The van der Waals surface area contributed by atoms with Crippen molar-refractivity contribution in [2.45, 2.75) is 0 Å². The lowest BCUT2D eigenvalue weighted by molar-refractivity contribution is 0.0973. The van der Waals surface area contributed by atoms with E-state index in [0.29, 0.717) is 17.1 Å². The fraction of sp³-hybridized carbons (Fsp3) is 0. The molecule has 6 heteroatoms. The zero-order chi connectivity index (χ0) is 18.6. The number of aromatic nitrogens is 3. The molecule has 4 rings (SSSR count). The molecule has 0 saturated heterocycles. The molecule has 0 spiro atoms. The number of carbonyl (C=O) groups is 1. The first-order valence-electron chi connectivity index (χ1n) is 8.33. The number of H-pyrrole nitrogens is 1. The molecule has 2 N–H and O–H groups in total. The lowest BCUT2D eigenvalue weighted by Gasteiger charge is -2.08. The van der Waals surface area contributed by atoms with Crippen LogP contribution >= 0.6 is 15.9 Å². The maximum absolute atomic E-state index is 12.8. The summed E-state index contributed by atoms with van der Waals surface area (Å²) in [6.07, 6.45) is 5.28. The van der Waals surface area contributed by atoms with Gasteiger partial charge in [0.1, 0.15) is 0 Å². The van der Waals surface area contributed by atoms with Crippen LogP contribution in [-0.4, -0.2) is 20.9 Å². The van der Waals surface area contributed by atoms with Crippen molar-refractivity contribution in [3.63, 3.8) is 0 Å². The second-order valence-corrected chi connectivity index (χ2v) is 6.83. The number of nitrogens with zero attached hydrogens (tertiary/aromatic N) is 2. The van der Waals surface area contributed by atoms with Gasteiger partial charge in [0.05, 0.1) is 16.7 Å². The first kappa shape index (κ1) is 17.2. The van der Waals surface area contributed by atoms with Crippen molar-refractivity contribution in [1.29, 1.82) is 0 Å². The molecule has 0 fully saturated rings. The summed E-state index contributed by atoms with van der Waals surface area (Å²) in [6, 6.07) is 18.7. The monoisotopic (exact) mass is 418 g/mol. The summed E-state index contributed by atoms with van der Waals surface area (Å²) in [5, 5.41) is 2.97. The fourth-order valence-corrected chi connectivity index (χ4v) is 3.10. The standard InChI is InChI=1S/C21H15BrN4O/c22-16-7-3-6-15(12-16)21(27)26-19(11-14-5-4-10-23-13-14)20-24-17-8-1-2-9-18(17)25-20/h1-13H,(H,24,25)(H,26,27)/b19-11+. The molecule has 0 bridgehead atoms. The Morgan fingerprint density at radius 3 is 2.74 bits per heavy atom. The Morgan fingerprint density at radius 1 is 1.07 bits per heavy atom. The zero-order valence-electron chi connectivity index (χ0n) is 14.2. The molecule has 5 nitrogen and oxygen atoms in total. The smallest absolute Gasteiger partial charge is 0.255 e. The lowest BCUT2D eigenvalue weighted by Crippen LogP contribution is -2.22. The van der Waals surface area contributed by atoms with Gasteiger partial charge in [0, 0.05) is 22.4 Å². The third-order valence-electron chi connectivity index (χ3n) is 3.97. The second-order valence-electron chi connectivity index (χ2n) is 5.91. The Bertz CT molecular complexity index is 1100. The number of fused-ring (bicyclic) bond motifs is 1. The Balaban J connectivity index is 1.74. The summed E-state index contributed by atoms with van der Waals surface area (Å²) in [4.78, 5) is 24.8. The van der Waals surface area contributed by atoms with E-state index in [1.807, 2.05) is 54.6 Å². The van der Waals surface area contributed by atoms with E-state index in [2.05, 4.69) is 36.2 Å². The van der Waals surface area contributed by atoms with E-state index < -0.39 is 0 Å². The summed E-state index contributed by atoms with van der Waals surface area (Å²) < 4.78 is 0.844. The van der Waals surface area contributed by atoms with Crippen LogP contribution in [0.5, 0.6) is 0 Å². The van der Waals surface area contributed by atoms with Crippen LogP contribution in [0.25, 0.3) is 22.8 Å². The van der Waals surface area contributed by atoms with Gasteiger partial charge < -0.3 is 10.3 Å². The summed E-state index contributed by atoms with van der Waals surface area (Å²) in [7, 11) is 0. The van der Waals surface area contributed by atoms with Crippen LogP contribution in [0.2, 0.25) is 0 Å². The molecule has 0 aliphatic carbocycles. The predicted molar refractivity (Wildman–Crippen MR) is 110 cm³/mol. The molecule has 0 saturated carbocycles. The zero-order valence-corrected chi connectivity index (χ0v) is 15.8. The van der Waals surface area contributed by atoms with Crippen LogP contribution in [0.3, 0.4) is 0 Å². The van der Waals surface area contributed by atoms with Gasteiger partial charge in [0.15, 0.2) is 5.82 Å². The molecule has 2 heterocycles. The highest BCUT2D eigenvalue weighted by molar-refractivity contribution is 9.10. The largest absolute Gasteiger partial charge is 0.337 e. The number of hydrogen-bond donors (Lipinski definition) is 2. The maximum Gasteiger partial charge on any atom is 0.255 e. The van der Waals surface area contributed by atoms with Crippen LogP contribution in [0.4, 0.5) is 0 Å². The van der Waals surface area contributed by atoms with E-state index in [9.17, 15) is 4.79 Å². The highest BCUT2D eigenvalue weighted by Crippen LogP contribution is 2.19. The van der Waals surface area contributed by atoms with E-state index in [-0.39, 0.29) is 5.91 Å². The quantitative estimate of drug-likeness (QED) is 0.506. The molecule has 0 radical (unpaired) electrons. The van der Waals surface area contributed by atoms with Crippen molar-refractivity contribution < 1.29 is 4.79 Å². The first-order chi connectivity index (χ1) is 13.2. The summed E-state index contributed by atoms with van der Waals surface area (Å²) in [6.45, 7) is 0. The Kier molecular flexibility index (Phi) is 4.80. The van der Waals surface area contributed by atoms with Gasteiger partial charge in [-0.2, -0.15) is 0 Å². The average molecular weight is 419 g/mol. The molecule has 1 amide bonds. The first-order valence-corrected chi connectivity index (χ1v) is 9.12. The van der Waals surface area contributed by atoms with E-state index in [1.165, 1.54) is 0 Å². The number of benzene rings is 2. The number of rotatable bonds is 4. The SMILES string of the molecule is O=C(N/C(=C/c1cccnc1)c1nc2ccccc2[nH]1)c1cccc(Br)c1. The fourth-order valence-electron chi connectivity index (χ4n) is 2.70. The molecular weight excluding hydrogens is 404 g/mol. The highest BCUT2D eigenvalue weighted by Gasteiger charge is 2.13. The minimum Gasteiger partial charge on any atom is -0.337 e. The molecular formula is C21H15BrN4O. The molecule has 0 atom stereocenters. The lowest BCUT2D eigenvalue weighted by atomic mass is 10.2. The highest BCUT2D eigenvalue weighted by atomic mass is 79.9. The normalized spacial score (nSPS) is 11.5. The van der Waals surface area contributed by atoms with Crippen LogP contribution in [0.1, 0.15) is 21.7 Å². The molecule has 0 aliphatic heterocycles. The molecule has 4 aromatic rings. The van der Waals surface area contributed by atoms with Crippen LogP contribution < -0.4 is 5.32 Å². The van der Waals surface area contributed by atoms with Crippen molar-refractivity contribution in [3.8, 4) is 0 Å². The minimum atomic E-state index is -0.216. The predicted octanol–water partition coefficient (Wildman–Crippen LogP) is 4.65. The van der Waals surface area contributed by atoms with Gasteiger partial charge in [-0.15, -0.1) is 0 Å². The number of hydrogen-bond acceptors (Lipinski definition) is 3. The third-order valence-corrected chi connectivity index (χ3v) is 4.47. The number of halogens is 1. The number of para-hydroxylation sites is 2.